The molecule has 0 amide bonds. The molecule has 0 N–H and O–H groups in total. The Morgan fingerprint density at radius 3 is 2.37 bits per heavy atom. The van der Waals surface area contributed by atoms with Crippen LogP contribution < -0.4 is 13.7 Å². The van der Waals surface area contributed by atoms with Gasteiger partial charge in [-0.05, 0) is 6.07 Å². The second kappa shape index (κ2) is 12.4. The Morgan fingerprint density at radius 1 is 0.783 bits per heavy atom. The number of hydrogen-bond acceptors (Lipinski definition) is 3. The Morgan fingerprint density at radius 2 is 1.59 bits per heavy atom. The monoisotopic (exact) mass is 859 g/mol. The van der Waals surface area contributed by atoms with Gasteiger partial charge in [0, 0.05) is 0 Å². The van der Waals surface area contributed by atoms with Crippen molar-refractivity contribution in [2.75, 3.05) is 0 Å². The van der Waals surface area contributed by atoms with Crippen LogP contribution in [0.4, 0.5) is 13.2 Å². The molecule has 4 aromatic carbocycles. The van der Waals surface area contributed by atoms with Crippen molar-refractivity contribution >= 4 is 34.7 Å². The fourth-order valence-electron chi connectivity index (χ4n) is 5.69. The molecule has 6 aromatic rings. The van der Waals surface area contributed by atoms with Gasteiger partial charge in [-0.15, -0.1) is 0 Å². The number of pyridine rings is 2. The minimum atomic E-state index is -4.30. The molecule has 8 heteroatoms. The molecule has 0 radical (unpaired) electrons. The van der Waals surface area contributed by atoms with Crippen LogP contribution >= 0.6 is 0 Å². The topological polar surface area (TPSA) is 35.0 Å². The summed E-state index contributed by atoms with van der Waals surface area (Å²) in [6.07, 6.45) is -0.823. The summed E-state index contributed by atoms with van der Waals surface area (Å²) in [6, 6.07) is 34.1. The van der Waals surface area contributed by atoms with Crippen molar-refractivity contribution in [1.29, 1.82) is 0 Å². The van der Waals surface area contributed by atoms with Crippen LogP contribution in [-0.4, -0.2) is 31.1 Å². The van der Waals surface area contributed by atoms with Crippen molar-refractivity contribution in [3.63, 3.8) is 0 Å². The SMILES string of the molecule is Cc1cc(Oc2[c-]c(-c3ccccn3)ccc2)[c-]c(-c2nccc3c2[Se]c2cc(CC(C)(C)C(F)(F)F)cc4cccc-3c24)c1.[Pt+2]. The zero-order chi connectivity index (χ0) is 31.3. The van der Waals surface area contributed by atoms with Crippen molar-refractivity contribution in [2.24, 2.45) is 5.41 Å². The summed E-state index contributed by atoms with van der Waals surface area (Å²) in [6.45, 7) is 4.53. The molecule has 46 heavy (non-hydrogen) atoms. The third-order valence-corrected chi connectivity index (χ3v) is 10.4. The Kier molecular flexibility index (Phi) is 8.71. The molecule has 0 atom stereocenters. The Balaban J connectivity index is 0.00000372. The van der Waals surface area contributed by atoms with Gasteiger partial charge in [0.15, 0.2) is 0 Å². The van der Waals surface area contributed by atoms with E-state index in [0.29, 0.717) is 17.1 Å². The minimum absolute atomic E-state index is 0. The first-order valence-corrected chi connectivity index (χ1v) is 16.2. The molecule has 0 fully saturated rings. The van der Waals surface area contributed by atoms with Crippen LogP contribution in [0.25, 0.3) is 44.4 Å². The largest absolute Gasteiger partial charge is 2.00 e. The number of fused-ring (bicyclic) bond motifs is 2. The maximum absolute atomic E-state index is 13.8. The Labute approximate surface area is 286 Å². The van der Waals surface area contributed by atoms with Crippen molar-refractivity contribution in [3.05, 3.63) is 121 Å². The van der Waals surface area contributed by atoms with E-state index >= 15 is 0 Å². The second-order valence-corrected chi connectivity index (χ2v) is 14.1. The molecule has 0 spiro atoms. The molecule has 3 heterocycles. The van der Waals surface area contributed by atoms with Crippen molar-refractivity contribution in [2.45, 2.75) is 33.4 Å². The van der Waals surface area contributed by atoms with Gasteiger partial charge >= 0.3 is 282 Å². The molecule has 3 nitrogen and oxygen atoms in total. The smallest absolute Gasteiger partial charge is 2.00 e. The van der Waals surface area contributed by atoms with E-state index in [1.807, 2.05) is 92.0 Å². The maximum Gasteiger partial charge on any atom is 2.00 e. The minimum Gasteiger partial charge on any atom is 2.00 e. The average molecular weight is 859 g/mol. The first kappa shape index (κ1) is 32.2. The summed E-state index contributed by atoms with van der Waals surface area (Å²) in [4.78, 5) is 9.24. The number of rotatable bonds is 6. The van der Waals surface area contributed by atoms with Crippen LogP contribution in [0.15, 0.2) is 97.3 Å². The number of benzene rings is 4. The van der Waals surface area contributed by atoms with E-state index in [2.05, 4.69) is 23.2 Å². The molecule has 0 saturated carbocycles. The van der Waals surface area contributed by atoms with Gasteiger partial charge in [0.2, 0.25) is 0 Å². The van der Waals surface area contributed by atoms with Gasteiger partial charge in [0.25, 0.3) is 0 Å². The summed E-state index contributed by atoms with van der Waals surface area (Å²) >= 11 is -0.201. The van der Waals surface area contributed by atoms with E-state index in [9.17, 15) is 13.2 Å². The molecule has 0 aliphatic carbocycles. The molecular weight excluding hydrogens is 831 g/mol. The normalized spacial score (nSPS) is 12.4. The Hall–Kier alpha value is -3.76. The van der Waals surface area contributed by atoms with Crippen LogP contribution in [0.2, 0.25) is 0 Å². The number of nitrogens with zero attached hydrogens (tertiary/aromatic N) is 2. The zero-order valence-corrected chi connectivity index (χ0v) is 29.1. The predicted molar refractivity (Wildman–Crippen MR) is 173 cm³/mol. The predicted octanol–water partition coefficient (Wildman–Crippen LogP) is 8.43. The van der Waals surface area contributed by atoms with Gasteiger partial charge in [0.1, 0.15) is 0 Å². The van der Waals surface area contributed by atoms with Crippen LogP contribution in [0.5, 0.6) is 11.5 Å². The van der Waals surface area contributed by atoms with E-state index in [4.69, 9.17) is 9.72 Å². The van der Waals surface area contributed by atoms with Crippen LogP contribution in [-0.2, 0) is 27.5 Å². The van der Waals surface area contributed by atoms with Gasteiger partial charge in [-0.25, -0.2) is 0 Å². The third-order valence-electron chi connectivity index (χ3n) is 7.99. The van der Waals surface area contributed by atoms with Gasteiger partial charge in [-0.1, -0.05) is 0 Å². The molecule has 7 rings (SSSR count). The van der Waals surface area contributed by atoms with Crippen molar-refractivity contribution in [1.82, 2.24) is 9.97 Å². The molecule has 0 bridgehead atoms. The zero-order valence-electron chi connectivity index (χ0n) is 25.1. The number of hydrogen-bond donors (Lipinski definition) is 0. The van der Waals surface area contributed by atoms with Gasteiger partial charge in [-0.2, -0.15) is 0 Å². The number of alkyl halides is 3. The molecule has 0 saturated heterocycles. The summed E-state index contributed by atoms with van der Waals surface area (Å²) < 4.78 is 49.8. The number of aryl methyl sites for hydroxylation is 1. The van der Waals surface area contributed by atoms with E-state index in [1.165, 1.54) is 13.8 Å². The van der Waals surface area contributed by atoms with Crippen molar-refractivity contribution in [3.8, 4) is 45.1 Å². The molecule has 2 aromatic heterocycles. The number of aromatic nitrogens is 2. The summed E-state index contributed by atoms with van der Waals surface area (Å²) in [5.41, 5.74) is 5.24. The van der Waals surface area contributed by atoms with Gasteiger partial charge in [-0.3, -0.25) is 0 Å². The van der Waals surface area contributed by atoms with E-state index < -0.39 is 11.6 Å². The molecule has 1 aliphatic heterocycles. The molecule has 0 unspecified atom stereocenters. The standard InChI is InChI=1S/C38H27F3N2OSe.Pt/c1-23-16-27(21-29(17-23)44-28-10-6-8-25(20-28)32-12-4-5-14-42-32)35-36-31(13-15-43-35)30-11-7-9-26-18-24(19-33(45-36)34(26)30)22-37(2,3)38(39,40)41;/h4-19H,22H2,1-3H3;/q-2;+2. The average Bonchev–Trinajstić information content (AvgIpc) is 3.00. The number of ether oxygens (including phenoxy) is 1. The van der Waals surface area contributed by atoms with Gasteiger partial charge < -0.3 is 0 Å². The Bertz CT molecular complexity index is 2080. The quantitative estimate of drug-likeness (QED) is 0.125. The van der Waals surface area contributed by atoms with Crippen LogP contribution in [0, 0.1) is 24.5 Å². The van der Waals surface area contributed by atoms with Crippen LogP contribution in [0.3, 0.4) is 0 Å². The fourth-order valence-corrected chi connectivity index (χ4v) is 8.43. The van der Waals surface area contributed by atoms with Crippen molar-refractivity contribution < 1.29 is 39.0 Å². The first-order chi connectivity index (χ1) is 21.6. The van der Waals surface area contributed by atoms with E-state index in [1.54, 1.807) is 6.20 Å². The molecule has 232 valence electrons. The van der Waals surface area contributed by atoms with E-state index in [-0.39, 0.29) is 42.4 Å². The summed E-state index contributed by atoms with van der Waals surface area (Å²) in [5.74, 6) is 1.09. The van der Waals surface area contributed by atoms with Crippen LogP contribution in [0.1, 0.15) is 25.0 Å². The fraction of sp³-hybridized carbons (Fsp3) is 0.158. The third kappa shape index (κ3) is 6.17. The first-order valence-electron chi connectivity index (χ1n) is 14.5. The van der Waals surface area contributed by atoms with Gasteiger partial charge in [0.05, 0.1) is 0 Å². The second-order valence-electron chi connectivity index (χ2n) is 11.9. The number of halogens is 3. The molecular formula is C38H27F3N2OPtSe. The summed E-state index contributed by atoms with van der Waals surface area (Å²) in [7, 11) is 0. The van der Waals surface area contributed by atoms with E-state index in [0.717, 1.165) is 58.9 Å². The maximum atomic E-state index is 13.8. The molecule has 1 aliphatic rings. The summed E-state index contributed by atoms with van der Waals surface area (Å²) in [5, 5.41) is 2.07.